The van der Waals surface area contributed by atoms with Crippen LogP contribution >= 0.6 is 11.6 Å². The van der Waals surface area contributed by atoms with Gasteiger partial charge in [-0.2, -0.15) is 0 Å². The molecule has 1 aromatic carbocycles. The predicted octanol–water partition coefficient (Wildman–Crippen LogP) is 2.03. The fourth-order valence-electron chi connectivity index (χ4n) is 1.56. The minimum Gasteiger partial charge on any atom is -0.496 e. The lowest BCUT2D eigenvalue weighted by molar-refractivity contribution is 0.202. The van der Waals surface area contributed by atoms with Crippen molar-refractivity contribution in [1.29, 1.82) is 0 Å². The zero-order valence-corrected chi connectivity index (χ0v) is 10.7. The summed E-state index contributed by atoms with van der Waals surface area (Å²) in [5.74, 6) is 1.03. The Morgan fingerprint density at radius 1 is 1.44 bits per heavy atom. The highest BCUT2D eigenvalue weighted by Crippen LogP contribution is 2.24. The van der Waals surface area contributed by atoms with E-state index in [2.05, 4.69) is 4.90 Å². The molecule has 4 heteroatoms. The van der Waals surface area contributed by atoms with E-state index >= 15 is 0 Å². The van der Waals surface area contributed by atoms with Crippen molar-refractivity contribution >= 4 is 11.6 Å². The first-order valence-corrected chi connectivity index (χ1v) is 5.67. The minimum atomic E-state index is -0.617. The predicted molar refractivity (Wildman–Crippen MR) is 66.1 cm³/mol. The van der Waals surface area contributed by atoms with E-state index in [4.69, 9.17) is 16.3 Å². The van der Waals surface area contributed by atoms with E-state index in [1.54, 1.807) is 7.11 Å². The quantitative estimate of drug-likeness (QED) is 0.804. The van der Waals surface area contributed by atoms with Crippen LogP contribution in [-0.4, -0.2) is 37.1 Å². The number of aliphatic hydroxyl groups is 1. The van der Waals surface area contributed by atoms with E-state index in [1.807, 2.05) is 32.3 Å². The Hall–Kier alpha value is -0.770. The molecule has 0 radical (unpaired) electrons. The molecule has 0 aromatic heterocycles. The van der Waals surface area contributed by atoms with Crippen LogP contribution in [0.4, 0.5) is 0 Å². The molecular formula is C12H18ClNO2. The van der Waals surface area contributed by atoms with Gasteiger partial charge in [0, 0.05) is 12.1 Å². The Bertz CT molecular complexity index is 342. The van der Waals surface area contributed by atoms with Crippen LogP contribution in [0, 0.1) is 0 Å². The first-order valence-electron chi connectivity index (χ1n) is 5.14. The van der Waals surface area contributed by atoms with Crippen LogP contribution in [-0.2, 0) is 6.54 Å². The molecule has 0 fully saturated rings. The SMILES string of the molecule is COc1ccc(C(O)CCl)cc1CN(C)C. The van der Waals surface area contributed by atoms with Crippen molar-refractivity contribution < 1.29 is 9.84 Å². The van der Waals surface area contributed by atoms with Gasteiger partial charge in [0.1, 0.15) is 5.75 Å². The average molecular weight is 244 g/mol. The van der Waals surface area contributed by atoms with Crippen LogP contribution in [0.2, 0.25) is 0 Å². The fourth-order valence-corrected chi connectivity index (χ4v) is 1.74. The van der Waals surface area contributed by atoms with Crippen LogP contribution in [0.25, 0.3) is 0 Å². The molecule has 1 rings (SSSR count). The third-order valence-electron chi connectivity index (χ3n) is 2.32. The van der Waals surface area contributed by atoms with Gasteiger partial charge in [0.25, 0.3) is 0 Å². The molecule has 1 N–H and O–H groups in total. The first-order chi connectivity index (χ1) is 7.58. The largest absolute Gasteiger partial charge is 0.496 e. The summed E-state index contributed by atoms with van der Waals surface area (Å²) in [5, 5.41) is 9.67. The highest BCUT2D eigenvalue weighted by atomic mass is 35.5. The molecule has 0 aliphatic rings. The topological polar surface area (TPSA) is 32.7 Å². The lowest BCUT2D eigenvalue weighted by Crippen LogP contribution is -2.12. The van der Waals surface area contributed by atoms with Gasteiger partial charge in [0.15, 0.2) is 0 Å². The second-order valence-corrected chi connectivity index (χ2v) is 4.29. The van der Waals surface area contributed by atoms with Crippen molar-refractivity contribution in [2.45, 2.75) is 12.6 Å². The van der Waals surface area contributed by atoms with Crippen molar-refractivity contribution in [2.75, 3.05) is 27.1 Å². The molecular weight excluding hydrogens is 226 g/mol. The van der Waals surface area contributed by atoms with Gasteiger partial charge in [-0.25, -0.2) is 0 Å². The number of alkyl halides is 1. The molecule has 1 atom stereocenters. The van der Waals surface area contributed by atoms with Gasteiger partial charge in [-0.05, 0) is 31.8 Å². The third kappa shape index (κ3) is 3.37. The molecule has 1 unspecified atom stereocenters. The molecule has 16 heavy (non-hydrogen) atoms. The number of nitrogens with zero attached hydrogens (tertiary/aromatic N) is 1. The summed E-state index contributed by atoms with van der Waals surface area (Å²) < 4.78 is 5.27. The Morgan fingerprint density at radius 3 is 2.62 bits per heavy atom. The second kappa shape index (κ2) is 6.09. The standard InChI is InChI=1S/C12H18ClNO2/c1-14(2)8-10-6-9(11(15)7-13)4-5-12(10)16-3/h4-6,11,15H,7-8H2,1-3H3. The minimum absolute atomic E-state index is 0.202. The van der Waals surface area contributed by atoms with Crippen molar-refractivity contribution in [3.8, 4) is 5.75 Å². The molecule has 0 aliphatic carbocycles. The average Bonchev–Trinajstić information content (AvgIpc) is 2.27. The summed E-state index contributed by atoms with van der Waals surface area (Å²) in [5.41, 5.74) is 1.88. The number of hydrogen-bond donors (Lipinski definition) is 1. The van der Waals surface area contributed by atoms with Crippen LogP contribution in [0.15, 0.2) is 18.2 Å². The maximum absolute atomic E-state index is 9.67. The Morgan fingerprint density at radius 2 is 2.12 bits per heavy atom. The van der Waals surface area contributed by atoms with E-state index in [0.29, 0.717) is 0 Å². The van der Waals surface area contributed by atoms with Gasteiger partial charge < -0.3 is 14.7 Å². The summed E-state index contributed by atoms with van der Waals surface area (Å²) in [4.78, 5) is 2.05. The maximum atomic E-state index is 9.67. The highest BCUT2D eigenvalue weighted by molar-refractivity contribution is 6.18. The Labute approximate surface area is 102 Å². The molecule has 0 heterocycles. The lowest BCUT2D eigenvalue weighted by Gasteiger charge is -2.16. The van der Waals surface area contributed by atoms with Gasteiger partial charge in [-0.15, -0.1) is 11.6 Å². The number of methoxy groups -OCH3 is 1. The lowest BCUT2D eigenvalue weighted by atomic mass is 10.1. The van der Waals surface area contributed by atoms with Crippen LogP contribution in [0.3, 0.4) is 0 Å². The van der Waals surface area contributed by atoms with Crippen LogP contribution < -0.4 is 4.74 Å². The van der Waals surface area contributed by atoms with Crippen molar-refractivity contribution in [3.63, 3.8) is 0 Å². The third-order valence-corrected chi connectivity index (χ3v) is 2.61. The molecule has 0 amide bonds. The van der Waals surface area contributed by atoms with Crippen molar-refractivity contribution in [1.82, 2.24) is 4.90 Å². The summed E-state index contributed by atoms with van der Waals surface area (Å²) in [6.45, 7) is 0.770. The Balaban J connectivity index is 3.00. The van der Waals surface area contributed by atoms with Crippen LogP contribution in [0.5, 0.6) is 5.75 Å². The van der Waals surface area contributed by atoms with Gasteiger partial charge in [-0.1, -0.05) is 6.07 Å². The van der Waals surface area contributed by atoms with Gasteiger partial charge >= 0.3 is 0 Å². The van der Waals surface area contributed by atoms with Gasteiger partial charge in [0.05, 0.1) is 19.1 Å². The summed E-state index contributed by atoms with van der Waals surface area (Å²) in [6, 6.07) is 5.64. The number of halogens is 1. The van der Waals surface area contributed by atoms with Crippen molar-refractivity contribution in [2.24, 2.45) is 0 Å². The highest BCUT2D eigenvalue weighted by Gasteiger charge is 2.10. The van der Waals surface area contributed by atoms with E-state index in [-0.39, 0.29) is 5.88 Å². The van der Waals surface area contributed by atoms with E-state index in [0.717, 1.165) is 23.4 Å². The smallest absolute Gasteiger partial charge is 0.123 e. The molecule has 3 nitrogen and oxygen atoms in total. The molecule has 0 saturated heterocycles. The number of rotatable bonds is 5. The molecule has 0 spiro atoms. The van der Waals surface area contributed by atoms with Gasteiger partial charge in [-0.3, -0.25) is 0 Å². The summed E-state index contributed by atoms with van der Waals surface area (Å²) >= 11 is 5.63. The molecule has 0 saturated carbocycles. The summed E-state index contributed by atoms with van der Waals surface area (Å²) in [6.07, 6.45) is -0.617. The van der Waals surface area contributed by atoms with Crippen molar-refractivity contribution in [3.05, 3.63) is 29.3 Å². The monoisotopic (exact) mass is 243 g/mol. The van der Waals surface area contributed by atoms with E-state index < -0.39 is 6.10 Å². The van der Waals surface area contributed by atoms with E-state index in [1.165, 1.54) is 0 Å². The zero-order chi connectivity index (χ0) is 12.1. The maximum Gasteiger partial charge on any atom is 0.123 e. The van der Waals surface area contributed by atoms with Gasteiger partial charge in [0.2, 0.25) is 0 Å². The number of aliphatic hydroxyl groups excluding tert-OH is 1. The second-order valence-electron chi connectivity index (χ2n) is 3.98. The van der Waals surface area contributed by atoms with Crippen LogP contribution in [0.1, 0.15) is 17.2 Å². The molecule has 0 bridgehead atoms. The number of ether oxygens (including phenoxy) is 1. The Kier molecular flexibility index (Phi) is 5.06. The number of benzene rings is 1. The number of hydrogen-bond acceptors (Lipinski definition) is 3. The molecule has 90 valence electrons. The van der Waals surface area contributed by atoms with E-state index in [9.17, 15) is 5.11 Å². The normalized spacial score (nSPS) is 12.9. The molecule has 1 aromatic rings. The zero-order valence-electron chi connectivity index (χ0n) is 9.90. The summed E-state index contributed by atoms with van der Waals surface area (Å²) in [7, 11) is 5.63. The molecule has 0 aliphatic heterocycles. The fraction of sp³-hybridized carbons (Fsp3) is 0.500. The first kappa shape index (κ1) is 13.3.